The second-order valence-electron chi connectivity index (χ2n) is 6.90. The van der Waals surface area contributed by atoms with Gasteiger partial charge in [0.05, 0.1) is 7.11 Å². The predicted octanol–water partition coefficient (Wildman–Crippen LogP) is 2.13. The molecular weight excluding hydrogens is 318 g/mol. The Balaban J connectivity index is 1.54. The van der Waals surface area contributed by atoms with E-state index in [1.54, 1.807) is 7.11 Å². The topological polar surface area (TPSA) is 81.6 Å². The lowest BCUT2D eigenvalue weighted by molar-refractivity contribution is 0.0778. The fourth-order valence-electron chi connectivity index (χ4n) is 3.92. The molecule has 0 unspecified atom stereocenters. The molecule has 1 amide bonds. The van der Waals surface area contributed by atoms with E-state index in [-0.39, 0.29) is 17.9 Å². The zero-order valence-electron chi connectivity index (χ0n) is 14.4. The van der Waals surface area contributed by atoms with Crippen molar-refractivity contribution in [2.45, 2.75) is 37.6 Å². The predicted molar refractivity (Wildman–Crippen MR) is 92.8 cm³/mol. The molecule has 2 N–H and O–H groups in total. The van der Waals surface area contributed by atoms with E-state index in [0.717, 1.165) is 48.3 Å². The van der Waals surface area contributed by atoms with Gasteiger partial charge in [-0.15, -0.1) is 0 Å². The van der Waals surface area contributed by atoms with Crippen LogP contribution < -0.4 is 10.5 Å². The largest absolute Gasteiger partial charge is 0.497 e. The third-order valence-corrected chi connectivity index (χ3v) is 5.33. The Hall–Kier alpha value is -2.34. The fraction of sp³-hybridized carbons (Fsp3) is 0.474. The van der Waals surface area contributed by atoms with Gasteiger partial charge in [0, 0.05) is 37.0 Å². The first kappa shape index (κ1) is 16.1. The van der Waals surface area contributed by atoms with Gasteiger partial charge in [-0.1, -0.05) is 17.3 Å². The maximum Gasteiger partial charge on any atom is 0.276 e. The zero-order valence-corrected chi connectivity index (χ0v) is 14.4. The third kappa shape index (κ3) is 2.91. The molecule has 0 saturated carbocycles. The Morgan fingerprint density at radius 1 is 1.32 bits per heavy atom. The minimum Gasteiger partial charge on any atom is -0.497 e. The van der Waals surface area contributed by atoms with E-state index >= 15 is 0 Å². The van der Waals surface area contributed by atoms with Crippen molar-refractivity contribution in [1.82, 2.24) is 10.1 Å². The number of nitrogens with two attached hydrogens (primary N) is 1. The average molecular weight is 341 g/mol. The van der Waals surface area contributed by atoms with Gasteiger partial charge in [-0.3, -0.25) is 4.79 Å². The number of aromatic nitrogens is 1. The second-order valence-corrected chi connectivity index (χ2v) is 6.90. The molecule has 0 spiro atoms. The Morgan fingerprint density at radius 2 is 2.16 bits per heavy atom. The van der Waals surface area contributed by atoms with Crippen molar-refractivity contribution in [2.24, 2.45) is 5.73 Å². The third-order valence-electron chi connectivity index (χ3n) is 5.33. The molecule has 1 fully saturated rings. The van der Waals surface area contributed by atoms with Crippen LogP contribution >= 0.6 is 0 Å². The van der Waals surface area contributed by atoms with Gasteiger partial charge in [-0.05, 0) is 37.0 Å². The molecule has 1 aromatic heterocycles. The number of hydrogen-bond donors (Lipinski definition) is 1. The molecule has 4 rings (SSSR count). The first-order chi connectivity index (χ1) is 12.2. The van der Waals surface area contributed by atoms with Crippen LogP contribution in [-0.2, 0) is 12.8 Å². The van der Waals surface area contributed by atoms with Crippen molar-refractivity contribution in [3.05, 3.63) is 46.8 Å². The van der Waals surface area contributed by atoms with Crippen LogP contribution in [0.3, 0.4) is 0 Å². The summed E-state index contributed by atoms with van der Waals surface area (Å²) in [6.45, 7) is 1.12. The monoisotopic (exact) mass is 341 g/mol. The normalized spacial score (nSPS) is 22.7. The van der Waals surface area contributed by atoms with Gasteiger partial charge in [-0.2, -0.15) is 0 Å². The van der Waals surface area contributed by atoms with Crippen molar-refractivity contribution >= 4 is 5.91 Å². The summed E-state index contributed by atoms with van der Waals surface area (Å²) < 4.78 is 10.7. The van der Waals surface area contributed by atoms with E-state index < -0.39 is 0 Å². The Kier molecular flexibility index (Phi) is 4.21. The number of benzene rings is 1. The number of methoxy groups -OCH3 is 1. The number of nitrogens with zero attached hydrogens (tertiary/aromatic N) is 2. The summed E-state index contributed by atoms with van der Waals surface area (Å²) in [4.78, 5) is 14.8. The number of hydrogen-bond acceptors (Lipinski definition) is 5. The lowest BCUT2D eigenvalue weighted by atomic mass is 9.95. The number of likely N-dealkylation sites (tertiary alicyclic amines) is 1. The van der Waals surface area contributed by atoms with Gasteiger partial charge in [0.25, 0.3) is 5.91 Å². The number of carbonyl (C=O) groups excluding carboxylic acids is 1. The lowest BCUT2D eigenvalue weighted by Gasteiger charge is -2.17. The quantitative estimate of drug-likeness (QED) is 0.925. The number of rotatable bonds is 3. The van der Waals surface area contributed by atoms with Crippen molar-refractivity contribution in [1.29, 1.82) is 0 Å². The molecule has 132 valence electrons. The van der Waals surface area contributed by atoms with Crippen molar-refractivity contribution < 1.29 is 14.1 Å². The maximum absolute atomic E-state index is 12.9. The highest BCUT2D eigenvalue weighted by molar-refractivity contribution is 5.94. The molecule has 6 nitrogen and oxygen atoms in total. The van der Waals surface area contributed by atoms with Crippen molar-refractivity contribution in [3.8, 4) is 5.75 Å². The second kappa shape index (κ2) is 6.52. The van der Waals surface area contributed by atoms with E-state index in [1.165, 1.54) is 0 Å². The van der Waals surface area contributed by atoms with Crippen LogP contribution in [0.2, 0.25) is 0 Å². The van der Waals surface area contributed by atoms with Gasteiger partial charge >= 0.3 is 0 Å². The summed E-state index contributed by atoms with van der Waals surface area (Å²) in [5.41, 5.74) is 8.92. The minimum atomic E-state index is -0.0983. The molecule has 1 aromatic carbocycles. The standard InChI is InChI=1S/C19H23N3O3/c1-24-13-6-4-5-12(9-13)15-10-22(11-16(15)20)19(23)18-14-7-2-3-8-17(14)25-21-18/h4-6,9,15-16H,2-3,7-8,10-11,20H2,1H3/t15-,16+/m0/s1. The van der Waals surface area contributed by atoms with Crippen LogP contribution in [0.5, 0.6) is 5.75 Å². The summed E-state index contributed by atoms with van der Waals surface area (Å²) in [6.07, 6.45) is 3.93. The molecule has 25 heavy (non-hydrogen) atoms. The van der Waals surface area contributed by atoms with Crippen LogP contribution in [0.4, 0.5) is 0 Å². The molecule has 0 radical (unpaired) electrons. The van der Waals surface area contributed by atoms with Crippen LogP contribution in [0.15, 0.2) is 28.8 Å². The zero-order chi connectivity index (χ0) is 17.4. The van der Waals surface area contributed by atoms with Crippen LogP contribution in [0.1, 0.15) is 46.1 Å². The van der Waals surface area contributed by atoms with Crippen LogP contribution in [-0.4, -0.2) is 42.2 Å². The van der Waals surface area contributed by atoms with Gasteiger partial charge in [-0.25, -0.2) is 0 Å². The van der Waals surface area contributed by atoms with Crippen molar-refractivity contribution in [3.63, 3.8) is 0 Å². The summed E-state index contributed by atoms with van der Waals surface area (Å²) in [5.74, 6) is 1.72. The molecule has 1 saturated heterocycles. The maximum atomic E-state index is 12.9. The summed E-state index contributed by atoms with van der Waals surface area (Å²) >= 11 is 0. The average Bonchev–Trinajstić information content (AvgIpc) is 3.25. The molecule has 2 aromatic rings. The summed E-state index contributed by atoms with van der Waals surface area (Å²) in [6, 6.07) is 7.81. The molecule has 2 atom stereocenters. The van der Waals surface area contributed by atoms with E-state index in [1.807, 2.05) is 29.2 Å². The van der Waals surface area contributed by atoms with Crippen molar-refractivity contribution in [2.75, 3.05) is 20.2 Å². The minimum absolute atomic E-state index is 0.0623. The molecule has 1 aliphatic heterocycles. The highest BCUT2D eigenvalue weighted by Gasteiger charge is 2.37. The molecular formula is C19H23N3O3. The molecule has 0 bridgehead atoms. The Bertz CT molecular complexity index is 786. The van der Waals surface area contributed by atoms with E-state index in [2.05, 4.69) is 5.16 Å². The van der Waals surface area contributed by atoms with Gasteiger partial charge in [0.1, 0.15) is 11.5 Å². The molecule has 2 heterocycles. The van der Waals surface area contributed by atoms with Gasteiger partial charge in [0.2, 0.25) is 0 Å². The Morgan fingerprint density at radius 3 is 3.00 bits per heavy atom. The van der Waals surface area contributed by atoms with E-state index in [0.29, 0.717) is 18.8 Å². The molecule has 6 heteroatoms. The van der Waals surface area contributed by atoms with Crippen LogP contribution in [0, 0.1) is 0 Å². The molecule has 1 aliphatic carbocycles. The number of carbonyl (C=O) groups is 1. The number of ether oxygens (including phenoxy) is 1. The first-order valence-corrected chi connectivity index (χ1v) is 8.83. The highest BCUT2D eigenvalue weighted by atomic mass is 16.5. The number of amides is 1. The van der Waals surface area contributed by atoms with E-state index in [9.17, 15) is 4.79 Å². The lowest BCUT2D eigenvalue weighted by Crippen LogP contribution is -2.33. The van der Waals surface area contributed by atoms with Gasteiger partial charge < -0.3 is 19.9 Å². The smallest absolute Gasteiger partial charge is 0.276 e. The van der Waals surface area contributed by atoms with Gasteiger partial charge in [0.15, 0.2) is 5.69 Å². The van der Waals surface area contributed by atoms with Crippen LogP contribution in [0.25, 0.3) is 0 Å². The number of fused-ring (bicyclic) bond motifs is 1. The summed E-state index contributed by atoms with van der Waals surface area (Å²) in [5, 5.41) is 4.07. The SMILES string of the molecule is COc1cccc([C@@H]2CN(C(=O)c3noc4c3CCCC4)C[C@H]2N)c1. The number of aryl methyl sites for hydroxylation is 1. The first-order valence-electron chi connectivity index (χ1n) is 8.83. The highest BCUT2D eigenvalue weighted by Crippen LogP contribution is 2.31. The summed E-state index contributed by atoms with van der Waals surface area (Å²) in [7, 11) is 1.65. The Labute approximate surface area is 146 Å². The van der Waals surface area contributed by atoms with E-state index in [4.69, 9.17) is 15.0 Å². The molecule has 2 aliphatic rings. The fourth-order valence-corrected chi connectivity index (χ4v) is 3.92.